The third-order valence-electron chi connectivity index (χ3n) is 3.79. The molecule has 0 amide bonds. The number of methoxy groups -OCH3 is 1. The highest BCUT2D eigenvalue weighted by atomic mass is 19.3. The van der Waals surface area contributed by atoms with E-state index in [2.05, 4.69) is 21.9 Å². The van der Waals surface area contributed by atoms with Crippen LogP contribution in [0.1, 0.15) is 19.8 Å². The summed E-state index contributed by atoms with van der Waals surface area (Å²) in [6.45, 7) is 2.49. The number of halogens is 2. The number of nitrogens with one attached hydrogen (secondary N) is 1. The van der Waals surface area contributed by atoms with Crippen molar-refractivity contribution in [2.45, 2.75) is 32.4 Å². The molecule has 1 aliphatic rings. The zero-order chi connectivity index (χ0) is 15.2. The van der Waals surface area contributed by atoms with Gasteiger partial charge in [0.05, 0.1) is 7.11 Å². The maximum Gasteiger partial charge on any atom is 0.387 e. The summed E-state index contributed by atoms with van der Waals surface area (Å²) >= 11 is 0. The van der Waals surface area contributed by atoms with Crippen LogP contribution >= 0.6 is 0 Å². The van der Waals surface area contributed by atoms with Crippen LogP contribution in [0.15, 0.2) is 18.2 Å². The predicted molar refractivity (Wildman–Crippen MR) is 78.4 cm³/mol. The molecule has 0 spiro atoms. The largest absolute Gasteiger partial charge is 0.493 e. The maximum atomic E-state index is 12.4. The van der Waals surface area contributed by atoms with Crippen molar-refractivity contribution in [1.29, 1.82) is 0 Å². The molecule has 1 heterocycles. The molecule has 4 nitrogen and oxygen atoms in total. The molecule has 1 saturated heterocycles. The summed E-state index contributed by atoms with van der Waals surface area (Å²) in [4.78, 5) is 2.40. The molecule has 0 saturated carbocycles. The number of ether oxygens (including phenoxy) is 2. The van der Waals surface area contributed by atoms with Gasteiger partial charge in [0.2, 0.25) is 0 Å². The topological polar surface area (TPSA) is 33.7 Å². The van der Waals surface area contributed by atoms with Gasteiger partial charge in [-0.2, -0.15) is 8.78 Å². The Hall–Kier alpha value is -1.56. The lowest BCUT2D eigenvalue weighted by atomic mass is 10.0. The molecule has 21 heavy (non-hydrogen) atoms. The second-order valence-electron chi connectivity index (χ2n) is 5.10. The van der Waals surface area contributed by atoms with E-state index in [1.54, 1.807) is 12.1 Å². The van der Waals surface area contributed by atoms with Crippen molar-refractivity contribution in [3.8, 4) is 11.5 Å². The molecule has 0 unspecified atom stereocenters. The van der Waals surface area contributed by atoms with Gasteiger partial charge in [-0.1, -0.05) is 6.92 Å². The Balaban J connectivity index is 2.00. The van der Waals surface area contributed by atoms with Crippen molar-refractivity contribution in [1.82, 2.24) is 4.90 Å². The average Bonchev–Trinajstić information content (AvgIpc) is 2.48. The fourth-order valence-corrected chi connectivity index (χ4v) is 2.58. The van der Waals surface area contributed by atoms with Crippen LogP contribution in [0, 0.1) is 0 Å². The quantitative estimate of drug-likeness (QED) is 0.875. The van der Waals surface area contributed by atoms with E-state index in [4.69, 9.17) is 4.74 Å². The fourth-order valence-electron chi connectivity index (χ4n) is 2.58. The summed E-state index contributed by atoms with van der Waals surface area (Å²) in [5.41, 5.74) is 0.779. The summed E-state index contributed by atoms with van der Waals surface area (Å²) in [5, 5.41) is 3.38. The highest BCUT2D eigenvalue weighted by Crippen LogP contribution is 2.32. The highest BCUT2D eigenvalue weighted by molar-refractivity contribution is 5.55. The van der Waals surface area contributed by atoms with Gasteiger partial charge in [-0.05, 0) is 31.5 Å². The average molecular weight is 300 g/mol. The fraction of sp³-hybridized carbons (Fsp3) is 0.600. The number of piperidine rings is 1. The number of anilines is 1. The normalized spacial score (nSPS) is 17.0. The summed E-state index contributed by atoms with van der Waals surface area (Å²) in [7, 11) is 1.43. The molecule has 1 aliphatic heterocycles. The Labute approximate surface area is 124 Å². The van der Waals surface area contributed by atoms with Crippen LogP contribution in [0.25, 0.3) is 0 Å². The van der Waals surface area contributed by atoms with Crippen molar-refractivity contribution in [3.05, 3.63) is 18.2 Å². The maximum absolute atomic E-state index is 12.4. The molecule has 0 aliphatic carbocycles. The lowest BCUT2D eigenvalue weighted by molar-refractivity contribution is -0.0511. The lowest BCUT2D eigenvalue weighted by Gasteiger charge is -2.32. The standard InChI is InChI=1S/C15H22F2N2O2/c1-3-19-8-6-11(7-9-19)18-12-4-5-13(20-2)14(10-12)21-15(16)17/h4-5,10-11,15,18H,3,6-9H2,1-2H3. The minimum Gasteiger partial charge on any atom is -0.493 e. The van der Waals surface area contributed by atoms with Crippen LogP contribution < -0.4 is 14.8 Å². The number of rotatable bonds is 6. The second-order valence-corrected chi connectivity index (χ2v) is 5.10. The van der Waals surface area contributed by atoms with Crippen LogP contribution in [0.2, 0.25) is 0 Å². The monoisotopic (exact) mass is 300 g/mol. The Bertz CT molecular complexity index is 449. The summed E-state index contributed by atoms with van der Waals surface area (Å²) < 4.78 is 34.3. The van der Waals surface area contributed by atoms with Gasteiger partial charge in [0.25, 0.3) is 0 Å². The first-order valence-electron chi connectivity index (χ1n) is 7.24. The van der Waals surface area contributed by atoms with Crippen LogP contribution in [0.4, 0.5) is 14.5 Å². The number of hydrogen-bond acceptors (Lipinski definition) is 4. The SMILES string of the molecule is CCN1CCC(Nc2ccc(OC)c(OC(F)F)c2)CC1. The summed E-state index contributed by atoms with van der Waals surface area (Å²) in [5.74, 6) is 0.366. The number of benzene rings is 1. The molecule has 118 valence electrons. The molecule has 0 radical (unpaired) electrons. The van der Waals surface area contributed by atoms with E-state index in [-0.39, 0.29) is 5.75 Å². The summed E-state index contributed by atoms with van der Waals surface area (Å²) in [6, 6.07) is 5.39. The van der Waals surface area contributed by atoms with Gasteiger partial charge in [0.1, 0.15) is 0 Å². The number of alkyl halides is 2. The van der Waals surface area contributed by atoms with Crippen LogP contribution in [-0.2, 0) is 0 Å². The van der Waals surface area contributed by atoms with Crippen molar-refractivity contribution >= 4 is 5.69 Å². The molecule has 0 bridgehead atoms. The van der Waals surface area contributed by atoms with Crippen LogP contribution in [0.5, 0.6) is 11.5 Å². The first kappa shape index (κ1) is 15.8. The van der Waals surface area contributed by atoms with E-state index in [0.29, 0.717) is 11.8 Å². The van der Waals surface area contributed by atoms with E-state index < -0.39 is 6.61 Å². The van der Waals surface area contributed by atoms with Crippen molar-refractivity contribution in [3.63, 3.8) is 0 Å². The Morgan fingerprint density at radius 1 is 1.29 bits per heavy atom. The molecular formula is C15H22F2N2O2. The Morgan fingerprint density at radius 3 is 2.57 bits per heavy atom. The zero-order valence-electron chi connectivity index (χ0n) is 12.4. The van der Waals surface area contributed by atoms with Gasteiger partial charge in [0.15, 0.2) is 11.5 Å². The minimum atomic E-state index is -2.86. The molecule has 2 rings (SSSR count). The minimum absolute atomic E-state index is 0.0588. The third-order valence-corrected chi connectivity index (χ3v) is 3.79. The number of likely N-dealkylation sites (tertiary alicyclic amines) is 1. The van der Waals surface area contributed by atoms with Gasteiger partial charge < -0.3 is 19.7 Å². The van der Waals surface area contributed by atoms with Crippen molar-refractivity contribution in [2.75, 3.05) is 32.1 Å². The molecule has 0 aromatic heterocycles. The lowest BCUT2D eigenvalue weighted by Crippen LogP contribution is -2.38. The third kappa shape index (κ3) is 4.46. The van der Waals surface area contributed by atoms with Gasteiger partial charge in [-0.3, -0.25) is 0 Å². The van der Waals surface area contributed by atoms with Crippen LogP contribution in [-0.4, -0.2) is 44.3 Å². The van der Waals surface area contributed by atoms with E-state index in [9.17, 15) is 8.78 Å². The smallest absolute Gasteiger partial charge is 0.387 e. The number of hydrogen-bond donors (Lipinski definition) is 1. The molecule has 1 fully saturated rings. The van der Waals surface area contributed by atoms with Crippen LogP contribution in [0.3, 0.4) is 0 Å². The summed E-state index contributed by atoms with van der Waals surface area (Å²) in [6.07, 6.45) is 2.09. The second kappa shape index (κ2) is 7.45. The predicted octanol–water partition coefficient (Wildman–Crippen LogP) is 3.19. The van der Waals surface area contributed by atoms with E-state index in [1.807, 2.05) is 6.07 Å². The molecule has 1 N–H and O–H groups in total. The Morgan fingerprint density at radius 2 is 2.00 bits per heavy atom. The van der Waals surface area contributed by atoms with E-state index in [0.717, 1.165) is 38.2 Å². The first-order valence-corrected chi connectivity index (χ1v) is 7.24. The van der Waals surface area contributed by atoms with E-state index in [1.165, 1.54) is 7.11 Å². The van der Waals surface area contributed by atoms with Crippen molar-refractivity contribution in [2.24, 2.45) is 0 Å². The molecule has 0 atom stereocenters. The van der Waals surface area contributed by atoms with Gasteiger partial charge >= 0.3 is 6.61 Å². The first-order chi connectivity index (χ1) is 10.1. The molecule has 6 heteroatoms. The Kier molecular flexibility index (Phi) is 5.61. The zero-order valence-corrected chi connectivity index (χ0v) is 12.4. The number of nitrogens with zero attached hydrogens (tertiary/aromatic N) is 1. The van der Waals surface area contributed by atoms with Gasteiger partial charge in [-0.25, -0.2) is 0 Å². The highest BCUT2D eigenvalue weighted by Gasteiger charge is 2.18. The van der Waals surface area contributed by atoms with Crippen molar-refractivity contribution < 1.29 is 18.3 Å². The van der Waals surface area contributed by atoms with Gasteiger partial charge in [0, 0.05) is 30.9 Å². The van der Waals surface area contributed by atoms with E-state index >= 15 is 0 Å². The molecule has 1 aromatic rings. The molecular weight excluding hydrogens is 278 g/mol. The molecule has 1 aromatic carbocycles. The van der Waals surface area contributed by atoms with Gasteiger partial charge in [-0.15, -0.1) is 0 Å².